The minimum atomic E-state index is -5.36. The van der Waals surface area contributed by atoms with Crippen LogP contribution >= 0.6 is 0 Å². The number of benzene rings is 6. The maximum absolute atomic E-state index is 13.3. The highest BCUT2D eigenvalue weighted by Crippen LogP contribution is 2.37. The van der Waals surface area contributed by atoms with E-state index in [0.29, 0.717) is 59.7 Å². The van der Waals surface area contributed by atoms with Crippen molar-refractivity contribution in [3.05, 3.63) is 96.1 Å². The average molecular weight is 1090 g/mol. The molecule has 0 saturated heterocycles. The maximum atomic E-state index is 13.3. The summed E-state index contributed by atoms with van der Waals surface area (Å²) >= 11 is 0. The number of amides is 6. The fourth-order valence-electron chi connectivity index (χ4n) is 6.56. The number of carbonyl (C=O) groups is 3. The summed E-state index contributed by atoms with van der Waals surface area (Å²) in [4.78, 5) is 33.3. The van der Waals surface area contributed by atoms with Gasteiger partial charge in [0.15, 0.2) is 0 Å². The van der Waals surface area contributed by atoms with E-state index in [2.05, 4.69) is 31.9 Å². The molecule has 0 aliphatic carbocycles. The Morgan fingerprint density at radius 1 is 0.343 bits per heavy atom. The minimum absolute atomic E-state index is 0.0548. The summed E-state index contributed by atoms with van der Waals surface area (Å²) in [5.41, 5.74) is -0.615. The van der Waals surface area contributed by atoms with Crippen molar-refractivity contribution in [1.82, 2.24) is 0 Å². The number of urea groups is 3. The third-order valence-electron chi connectivity index (χ3n) is 9.65. The van der Waals surface area contributed by atoms with E-state index >= 15 is 0 Å². The van der Waals surface area contributed by atoms with Crippen LogP contribution in [0.3, 0.4) is 0 Å². The molecule has 12 N–H and O–H groups in total. The second-order valence-electron chi connectivity index (χ2n) is 14.6. The molecule has 0 atom stereocenters. The van der Waals surface area contributed by atoms with Crippen LogP contribution in [-0.2, 0) is 60.7 Å². The van der Waals surface area contributed by atoms with Crippen LogP contribution in [0.15, 0.2) is 114 Å². The van der Waals surface area contributed by atoms with E-state index in [1.54, 1.807) is 13.8 Å². The molecular formula is C37H32N6O21S6. The Labute approximate surface area is 395 Å². The first kappa shape index (κ1) is 52.5. The molecule has 0 unspecified atom stereocenters. The van der Waals surface area contributed by atoms with Crippen LogP contribution in [-0.4, -0.2) is 95.9 Å². The number of nitrogens with one attached hydrogen (secondary N) is 6. The molecule has 6 amide bonds. The van der Waals surface area contributed by atoms with Gasteiger partial charge in [0.05, 0.1) is 31.0 Å². The fraction of sp³-hybridized carbons (Fsp3) is 0.0541. The summed E-state index contributed by atoms with van der Waals surface area (Å²) in [7, 11) is -31.3. The second kappa shape index (κ2) is 18.5. The molecule has 0 aliphatic rings. The summed E-state index contributed by atoms with van der Waals surface area (Å²) in [6.45, 7) is 3.08. The van der Waals surface area contributed by atoms with Gasteiger partial charge < -0.3 is 31.9 Å². The molecule has 33 heteroatoms. The highest BCUT2D eigenvalue weighted by atomic mass is 32.2. The fourth-order valence-corrected chi connectivity index (χ4v) is 10.4. The van der Waals surface area contributed by atoms with Gasteiger partial charge in [-0.15, -0.1) is 0 Å². The lowest BCUT2D eigenvalue weighted by molar-refractivity contribution is 0.261. The Balaban J connectivity index is 1.22. The number of aryl methyl sites for hydroxylation is 2. The topological polar surface area (TPSA) is 450 Å². The molecule has 0 aromatic heterocycles. The van der Waals surface area contributed by atoms with E-state index < -0.39 is 141 Å². The van der Waals surface area contributed by atoms with E-state index in [9.17, 15) is 92.2 Å². The molecule has 0 aliphatic heterocycles. The van der Waals surface area contributed by atoms with Crippen LogP contribution in [0.25, 0.3) is 21.5 Å². The molecule has 0 saturated carbocycles. The largest absolute Gasteiger partial charge is 0.323 e. The van der Waals surface area contributed by atoms with Crippen LogP contribution in [0.4, 0.5) is 48.5 Å². The van der Waals surface area contributed by atoms with Gasteiger partial charge in [-0.2, -0.15) is 50.5 Å². The van der Waals surface area contributed by atoms with E-state index in [-0.39, 0.29) is 22.7 Å². The highest BCUT2D eigenvalue weighted by Gasteiger charge is 2.28. The third-order valence-corrected chi connectivity index (χ3v) is 14.7. The summed E-state index contributed by atoms with van der Waals surface area (Å²) < 4.78 is 204. The Hall–Kier alpha value is -6.89. The standard InChI is InChI=1S/C37H32N6O21S6/c1-17-3-5-21(38-35(44)42-29-13-23(65(47,48)49)7-19-9-25(67(53,54)55)15-31(33(19)29)69(59,60)61)11-27(17)40-37(46)41-28-12-22(6-4-18(28)2)39-36(45)43-30-14-24(66(50,51)52)8-20-10-26(68(56,57)58)16-32(34(20)30)70(62,63)64/h3-16H,1-2H3,(H2,38,42,44)(H2,39,43,45)(H2,40,41,46)(H,47,48,49)(H,50,51,52)(H,53,54,55)(H,56,57,58)(H,59,60,61)(H,62,63,64). The number of rotatable bonds is 12. The molecule has 372 valence electrons. The zero-order chi connectivity index (χ0) is 52.3. The van der Waals surface area contributed by atoms with Crippen LogP contribution in [0.2, 0.25) is 0 Å². The van der Waals surface area contributed by atoms with Gasteiger partial charge in [-0.05, 0) is 109 Å². The number of anilines is 6. The van der Waals surface area contributed by atoms with Crippen molar-refractivity contribution in [2.24, 2.45) is 0 Å². The molecule has 70 heavy (non-hydrogen) atoms. The molecule has 6 aromatic carbocycles. The normalized spacial score (nSPS) is 12.6. The van der Waals surface area contributed by atoms with Gasteiger partial charge >= 0.3 is 18.1 Å². The van der Waals surface area contributed by atoms with Crippen molar-refractivity contribution in [2.75, 3.05) is 31.9 Å². The first-order valence-electron chi connectivity index (χ1n) is 18.5. The Bertz CT molecular complexity index is 3710. The Morgan fingerprint density at radius 2 is 0.614 bits per heavy atom. The van der Waals surface area contributed by atoms with Gasteiger partial charge in [0.1, 0.15) is 9.79 Å². The molecular weight excluding hydrogens is 1060 g/mol. The summed E-state index contributed by atoms with van der Waals surface area (Å²) in [5.74, 6) is 0. The molecule has 0 bridgehead atoms. The lowest BCUT2D eigenvalue weighted by Crippen LogP contribution is -2.23. The Kier molecular flexibility index (Phi) is 13.8. The predicted octanol–water partition coefficient (Wildman–Crippen LogP) is 5.02. The maximum Gasteiger partial charge on any atom is 0.323 e. The number of hydrogen-bond donors (Lipinski definition) is 12. The summed E-state index contributed by atoms with van der Waals surface area (Å²) in [6, 6.07) is 8.87. The van der Waals surface area contributed by atoms with Crippen molar-refractivity contribution >= 4 is 134 Å². The van der Waals surface area contributed by atoms with Gasteiger partial charge in [0.2, 0.25) is 0 Å². The smallest absolute Gasteiger partial charge is 0.308 e. The lowest BCUT2D eigenvalue weighted by Gasteiger charge is -2.16. The third kappa shape index (κ3) is 12.1. The quantitative estimate of drug-likeness (QED) is 0.0715. The van der Waals surface area contributed by atoms with Crippen LogP contribution in [0, 0.1) is 13.8 Å². The second-order valence-corrected chi connectivity index (χ2v) is 23.1. The molecule has 0 radical (unpaired) electrons. The highest BCUT2D eigenvalue weighted by molar-refractivity contribution is 7.87. The van der Waals surface area contributed by atoms with Crippen LogP contribution < -0.4 is 31.9 Å². The molecule has 6 aromatic rings. The minimum Gasteiger partial charge on any atom is -0.308 e. The first-order chi connectivity index (χ1) is 32.0. The average Bonchev–Trinajstić information content (AvgIpc) is 3.20. The number of hydrogen-bond acceptors (Lipinski definition) is 15. The SMILES string of the molecule is Cc1ccc(NC(=O)Nc2cc(S(=O)(=O)O)cc3cc(S(=O)(=O)O)cc(S(=O)(=O)O)c23)cc1NC(=O)Nc1cc(NC(=O)Nc2cc(S(=O)(=O)O)cc3cc(S(=O)(=O)O)cc(S(=O)(=O)O)c23)ccc1C. The molecule has 0 heterocycles. The van der Waals surface area contributed by atoms with Crippen LogP contribution in [0.1, 0.15) is 11.1 Å². The van der Waals surface area contributed by atoms with Crippen LogP contribution in [0.5, 0.6) is 0 Å². The van der Waals surface area contributed by atoms with E-state index in [0.717, 1.165) is 0 Å². The monoisotopic (exact) mass is 1090 g/mol. The lowest BCUT2D eigenvalue weighted by atomic mass is 10.1. The van der Waals surface area contributed by atoms with Gasteiger partial charge in [-0.3, -0.25) is 27.3 Å². The predicted molar refractivity (Wildman–Crippen MR) is 247 cm³/mol. The first-order valence-corrected chi connectivity index (χ1v) is 27.2. The van der Waals surface area contributed by atoms with Crippen molar-refractivity contribution in [3.63, 3.8) is 0 Å². The molecule has 0 fully saturated rings. The molecule has 6 rings (SSSR count). The van der Waals surface area contributed by atoms with Crippen molar-refractivity contribution < 1.29 is 92.2 Å². The zero-order valence-electron chi connectivity index (χ0n) is 34.8. The van der Waals surface area contributed by atoms with Crippen molar-refractivity contribution in [1.29, 1.82) is 0 Å². The zero-order valence-corrected chi connectivity index (χ0v) is 39.7. The molecule has 0 spiro atoms. The van der Waals surface area contributed by atoms with E-state index in [1.807, 2.05) is 0 Å². The van der Waals surface area contributed by atoms with Gasteiger partial charge in [-0.1, -0.05) is 12.1 Å². The van der Waals surface area contributed by atoms with Gasteiger partial charge in [0, 0.05) is 33.5 Å². The molecule has 27 nitrogen and oxygen atoms in total. The summed E-state index contributed by atoms with van der Waals surface area (Å²) in [6.07, 6.45) is 0. The van der Waals surface area contributed by atoms with E-state index in [1.165, 1.54) is 36.4 Å². The van der Waals surface area contributed by atoms with Crippen molar-refractivity contribution in [2.45, 2.75) is 43.2 Å². The summed E-state index contributed by atoms with van der Waals surface area (Å²) in [5, 5.41) is 11.5. The number of fused-ring (bicyclic) bond motifs is 2. The van der Waals surface area contributed by atoms with Gasteiger partial charge in [0.25, 0.3) is 60.7 Å². The Morgan fingerprint density at radius 3 is 0.900 bits per heavy atom. The van der Waals surface area contributed by atoms with E-state index in [4.69, 9.17) is 0 Å². The van der Waals surface area contributed by atoms with Gasteiger partial charge in [-0.25, -0.2) is 14.4 Å². The van der Waals surface area contributed by atoms with Crippen molar-refractivity contribution in [3.8, 4) is 0 Å². The number of carbonyl (C=O) groups excluding carboxylic acids is 3.